The molecule has 1 unspecified atom stereocenters. The Balaban J connectivity index is 2.20. The van der Waals surface area contributed by atoms with Crippen LogP contribution in [0.5, 0.6) is 0 Å². The van der Waals surface area contributed by atoms with Gasteiger partial charge < -0.3 is 10.1 Å². The smallest absolute Gasteiger partial charge is 0.307 e. The molecule has 1 rings (SSSR count). The van der Waals surface area contributed by atoms with Crippen LogP contribution in [0.25, 0.3) is 0 Å². The topological polar surface area (TPSA) is 38.3 Å². The van der Waals surface area contributed by atoms with Gasteiger partial charge in [0, 0.05) is 12.6 Å². The lowest BCUT2D eigenvalue weighted by molar-refractivity contribution is -0.154. The molecule has 1 saturated carbocycles. The Bertz CT molecular complexity index is 279. The third-order valence-corrected chi connectivity index (χ3v) is 3.39. The number of hydrogen-bond donors (Lipinski definition) is 1. The summed E-state index contributed by atoms with van der Waals surface area (Å²) in [5.74, 6) is -0.106. The van der Waals surface area contributed by atoms with Crippen molar-refractivity contribution in [2.45, 2.75) is 78.4 Å². The lowest BCUT2D eigenvalue weighted by Gasteiger charge is -2.35. The van der Waals surface area contributed by atoms with Gasteiger partial charge in [0.15, 0.2) is 0 Å². The van der Waals surface area contributed by atoms with Crippen molar-refractivity contribution in [1.82, 2.24) is 5.32 Å². The van der Waals surface area contributed by atoms with Crippen LogP contribution < -0.4 is 5.32 Å². The van der Waals surface area contributed by atoms with E-state index < -0.39 is 0 Å². The van der Waals surface area contributed by atoms with E-state index in [4.69, 9.17) is 4.74 Å². The summed E-state index contributed by atoms with van der Waals surface area (Å²) in [6.07, 6.45) is 5.52. The van der Waals surface area contributed by atoms with Crippen molar-refractivity contribution in [2.75, 3.05) is 6.54 Å². The van der Waals surface area contributed by atoms with Crippen LogP contribution in [0.2, 0.25) is 0 Å². The van der Waals surface area contributed by atoms with Crippen LogP contribution in [0.15, 0.2) is 0 Å². The van der Waals surface area contributed by atoms with E-state index in [1.54, 1.807) is 0 Å². The van der Waals surface area contributed by atoms with Crippen LogP contribution in [-0.4, -0.2) is 24.2 Å². The highest BCUT2D eigenvalue weighted by atomic mass is 16.6. The third-order valence-electron chi connectivity index (χ3n) is 3.39. The van der Waals surface area contributed by atoms with Gasteiger partial charge in [0.25, 0.3) is 0 Å². The molecule has 1 N–H and O–H groups in total. The molecule has 3 nitrogen and oxygen atoms in total. The molecule has 0 amide bonds. The van der Waals surface area contributed by atoms with E-state index in [2.05, 4.69) is 19.2 Å². The molecular weight excluding hydrogens is 226 g/mol. The first-order chi connectivity index (χ1) is 8.18. The van der Waals surface area contributed by atoms with E-state index in [0.717, 1.165) is 6.54 Å². The molecule has 0 heterocycles. The van der Waals surface area contributed by atoms with Crippen molar-refractivity contribution < 1.29 is 9.53 Å². The predicted molar refractivity (Wildman–Crippen MR) is 74.5 cm³/mol. The van der Waals surface area contributed by atoms with Crippen molar-refractivity contribution in [2.24, 2.45) is 5.41 Å². The van der Waals surface area contributed by atoms with Crippen LogP contribution in [0.4, 0.5) is 0 Å². The molecular formula is C15H29NO2. The van der Waals surface area contributed by atoms with E-state index in [9.17, 15) is 4.79 Å². The molecule has 0 aliphatic heterocycles. The average Bonchev–Trinajstić information content (AvgIpc) is 2.12. The van der Waals surface area contributed by atoms with E-state index in [1.807, 2.05) is 20.8 Å². The Hall–Kier alpha value is -0.570. The summed E-state index contributed by atoms with van der Waals surface area (Å²) in [5, 5.41) is 3.49. The van der Waals surface area contributed by atoms with E-state index >= 15 is 0 Å². The minimum atomic E-state index is -0.371. The summed E-state index contributed by atoms with van der Waals surface area (Å²) < 4.78 is 5.29. The van der Waals surface area contributed by atoms with Gasteiger partial charge in [-0.2, -0.15) is 0 Å². The van der Waals surface area contributed by atoms with Gasteiger partial charge in [-0.15, -0.1) is 0 Å². The maximum atomic E-state index is 11.6. The highest BCUT2D eigenvalue weighted by molar-refractivity contribution is 5.70. The van der Waals surface area contributed by atoms with Crippen molar-refractivity contribution in [3.05, 3.63) is 0 Å². The van der Waals surface area contributed by atoms with Crippen LogP contribution >= 0.6 is 0 Å². The van der Waals surface area contributed by atoms with Gasteiger partial charge >= 0.3 is 5.97 Å². The Labute approximate surface area is 112 Å². The molecule has 0 aromatic heterocycles. The molecule has 106 valence electrons. The first kappa shape index (κ1) is 15.5. The van der Waals surface area contributed by atoms with Crippen LogP contribution in [0, 0.1) is 5.41 Å². The minimum Gasteiger partial charge on any atom is -0.460 e. The largest absolute Gasteiger partial charge is 0.460 e. The second-order valence-electron chi connectivity index (χ2n) is 7.25. The van der Waals surface area contributed by atoms with Gasteiger partial charge in [0.1, 0.15) is 5.60 Å². The summed E-state index contributed by atoms with van der Waals surface area (Å²) in [6, 6.07) is 0.566. The van der Waals surface area contributed by atoms with Gasteiger partial charge in [-0.05, 0) is 45.4 Å². The minimum absolute atomic E-state index is 0.106. The van der Waals surface area contributed by atoms with Gasteiger partial charge in [-0.3, -0.25) is 4.79 Å². The fraction of sp³-hybridized carbons (Fsp3) is 0.933. The number of esters is 1. The summed E-state index contributed by atoms with van der Waals surface area (Å²) >= 11 is 0. The molecule has 0 saturated heterocycles. The molecule has 0 aromatic carbocycles. The van der Waals surface area contributed by atoms with Gasteiger partial charge in [0.05, 0.1) is 6.42 Å². The summed E-state index contributed by atoms with van der Waals surface area (Å²) in [5.41, 5.74) is 0.0751. The fourth-order valence-electron chi connectivity index (χ4n) is 2.64. The molecule has 1 aliphatic carbocycles. The number of nitrogens with one attached hydrogen (secondary N) is 1. The van der Waals surface area contributed by atoms with Gasteiger partial charge in [-0.1, -0.05) is 20.3 Å². The van der Waals surface area contributed by atoms with Crippen molar-refractivity contribution >= 4 is 5.97 Å². The summed E-state index contributed by atoms with van der Waals surface area (Å²) in [6.45, 7) is 11.1. The molecule has 1 aliphatic rings. The Morgan fingerprint density at radius 2 is 2.06 bits per heavy atom. The quantitative estimate of drug-likeness (QED) is 0.783. The van der Waals surface area contributed by atoms with E-state index in [-0.39, 0.29) is 11.6 Å². The number of ether oxygens (including phenoxy) is 1. The summed E-state index contributed by atoms with van der Waals surface area (Å²) in [7, 11) is 0. The van der Waals surface area contributed by atoms with Crippen molar-refractivity contribution in [1.29, 1.82) is 0 Å². The SMILES string of the molecule is CC1(C)CCCC(NCCC(=O)OC(C)(C)C)C1. The first-order valence-electron chi connectivity index (χ1n) is 7.13. The van der Waals surface area contributed by atoms with E-state index in [1.165, 1.54) is 25.7 Å². The lowest BCUT2D eigenvalue weighted by atomic mass is 9.75. The van der Waals surface area contributed by atoms with Gasteiger partial charge in [0.2, 0.25) is 0 Å². The predicted octanol–water partition coefficient (Wildman–Crippen LogP) is 3.28. The summed E-state index contributed by atoms with van der Waals surface area (Å²) in [4.78, 5) is 11.6. The molecule has 1 fully saturated rings. The third kappa shape index (κ3) is 6.39. The molecule has 0 aromatic rings. The molecule has 0 bridgehead atoms. The maximum Gasteiger partial charge on any atom is 0.307 e. The Morgan fingerprint density at radius 1 is 1.39 bits per heavy atom. The molecule has 1 atom stereocenters. The zero-order valence-electron chi connectivity index (χ0n) is 12.6. The van der Waals surface area contributed by atoms with Gasteiger partial charge in [-0.25, -0.2) is 0 Å². The molecule has 18 heavy (non-hydrogen) atoms. The zero-order chi connectivity index (χ0) is 13.8. The normalized spacial score (nSPS) is 23.7. The number of hydrogen-bond acceptors (Lipinski definition) is 3. The number of carbonyl (C=O) groups excluding carboxylic acids is 1. The first-order valence-corrected chi connectivity index (χ1v) is 7.13. The molecule has 0 radical (unpaired) electrons. The zero-order valence-corrected chi connectivity index (χ0v) is 12.6. The van der Waals surface area contributed by atoms with E-state index in [0.29, 0.717) is 17.9 Å². The monoisotopic (exact) mass is 255 g/mol. The highest BCUT2D eigenvalue weighted by Gasteiger charge is 2.27. The van der Waals surface area contributed by atoms with Crippen molar-refractivity contribution in [3.63, 3.8) is 0 Å². The number of rotatable bonds is 4. The number of carbonyl (C=O) groups is 1. The Kier molecular flexibility index (Phi) is 5.20. The molecule has 0 spiro atoms. The average molecular weight is 255 g/mol. The standard InChI is InChI=1S/C15H29NO2/c1-14(2,3)18-13(17)8-10-16-12-7-6-9-15(4,5)11-12/h12,16H,6-11H2,1-5H3. The van der Waals surface area contributed by atoms with Crippen molar-refractivity contribution in [3.8, 4) is 0 Å². The second-order valence-corrected chi connectivity index (χ2v) is 7.25. The Morgan fingerprint density at radius 3 is 2.61 bits per heavy atom. The highest BCUT2D eigenvalue weighted by Crippen LogP contribution is 2.34. The lowest BCUT2D eigenvalue weighted by Crippen LogP contribution is -2.38. The van der Waals surface area contributed by atoms with Crippen LogP contribution in [0.3, 0.4) is 0 Å². The van der Waals surface area contributed by atoms with Crippen LogP contribution in [0.1, 0.15) is 66.7 Å². The maximum absolute atomic E-state index is 11.6. The molecule has 3 heteroatoms. The van der Waals surface area contributed by atoms with Crippen LogP contribution in [-0.2, 0) is 9.53 Å². The fourth-order valence-corrected chi connectivity index (χ4v) is 2.64. The second kappa shape index (κ2) is 6.05.